The summed E-state index contributed by atoms with van der Waals surface area (Å²) in [7, 11) is 1.98. The van der Waals surface area contributed by atoms with Crippen molar-refractivity contribution in [2.45, 2.75) is 26.0 Å². The molecule has 102 valence electrons. The predicted octanol–water partition coefficient (Wildman–Crippen LogP) is 2.01. The normalized spacial score (nSPS) is 12.9. The Morgan fingerprint density at radius 3 is 2.72 bits per heavy atom. The van der Waals surface area contributed by atoms with Gasteiger partial charge in [0.15, 0.2) is 0 Å². The van der Waals surface area contributed by atoms with E-state index in [1.54, 1.807) is 6.07 Å². The molecule has 1 aromatic carbocycles. The predicted molar refractivity (Wildman–Crippen MR) is 71.8 cm³/mol. The van der Waals surface area contributed by atoms with Gasteiger partial charge in [0, 0.05) is 31.8 Å². The quantitative estimate of drug-likeness (QED) is 0.771. The minimum absolute atomic E-state index is 0.0954. The summed E-state index contributed by atoms with van der Waals surface area (Å²) in [6.45, 7) is 4.62. The summed E-state index contributed by atoms with van der Waals surface area (Å²) in [5, 5.41) is 0. The maximum atomic E-state index is 13.5. The molecule has 1 atom stereocenters. The Kier molecular flexibility index (Phi) is 6.86. The van der Waals surface area contributed by atoms with Crippen LogP contribution in [0.2, 0.25) is 0 Å². The summed E-state index contributed by atoms with van der Waals surface area (Å²) < 4.78 is 19.0. The van der Waals surface area contributed by atoms with Crippen molar-refractivity contribution < 1.29 is 9.13 Å². The van der Waals surface area contributed by atoms with Crippen LogP contribution in [0.15, 0.2) is 24.3 Å². The number of nitrogens with two attached hydrogens (primary N) is 1. The van der Waals surface area contributed by atoms with E-state index in [1.165, 1.54) is 6.07 Å². The van der Waals surface area contributed by atoms with Crippen LogP contribution in [0.4, 0.5) is 4.39 Å². The van der Waals surface area contributed by atoms with E-state index >= 15 is 0 Å². The Labute approximate surface area is 109 Å². The number of rotatable bonds is 8. The van der Waals surface area contributed by atoms with Crippen LogP contribution in [0, 0.1) is 5.82 Å². The Morgan fingerprint density at radius 2 is 2.11 bits per heavy atom. The number of benzene rings is 1. The Hall–Kier alpha value is -0.970. The molecule has 2 N–H and O–H groups in total. The first-order valence-corrected chi connectivity index (χ1v) is 6.41. The van der Waals surface area contributed by atoms with Gasteiger partial charge in [-0.2, -0.15) is 0 Å². The van der Waals surface area contributed by atoms with Crippen LogP contribution in [-0.2, 0) is 11.3 Å². The molecule has 18 heavy (non-hydrogen) atoms. The van der Waals surface area contributed by atoms with Crippen LogP contribution in [-0.4, -0.2) is 37.7 Å². The highest BCUT2D eigenvalue weighted by atomic mass is 19.1. The van der Waals surface area contributed by atoms with Gasteiger partial charge in [0.05, 0.1) is 6.10 Å². The molecule has 0 bridgehead atoms. The molecule has 0 aromatic heterocycles. The minimum atomic E-state index is -0.149. The van der Waals surface area contributed by atoms with Crippen LogP contribution in [0.5, 0.6) is 0 Å². The highest BCUT2D eigenvalue weighted by molar-refractivity contribution is 5.16. The topological polar surface area (TPSA) is 38.5 Å². The van der Waals surface area contributed by atoms with Gasteiger partial charge in [-0.3, -0.25) is 0 Å². The van der Waals surface area contributed by atoms with Gasteiger partial charge >= 0.3 is 0 Å². The second-order valence-corrected chi connectivity index (χ2v) is 4.43. The zero-order chi connectivity index (χ0) is 13.4. The van der Waals surface area contributed by atoms with Gasteiger partial charge in [0.2, 0.25) is 0 Å². The van der Waals surface area contributed by atoms with Crippen LogP contribution >= 0.6 is 0 Å². The number of halogens is 1. The fourth-order valence-corrected chi connectivity index (χ4v) is 1.87. The van der Waals surface area contributed by atoms with Crippen molar-refractivity contribution >= 4 is 0 Å². The molecule has 4 heteroatoms. The van der Waals surface area contributed by atoms with Gasteiger partial charge in [-0.1, -0.05) is 18.2 Å². The summed E-state index contributed by atoms with van der Waals surface area (Å²) in [5.74, 6) is -0.149. The second kappa shape index (κ2) is 8.19. The zero-order valence-corrected chi connectivity index (χ0v) is 11.2. The molecule has 0 radical (unpaired) electrons. The lowest BCUT2D eigenvalue weighted by Gasteiger charge is -2.21. The fraction of sp³-hybridized carbons (Fsp3) is 0.571. The third-order valence-electron chi connectivity index (χ3n) is 2.90. The van der Waals surface area contributed by atoms with E-state index in [1.807, 2.05) is 26.1 Å². The molecular formula is C14H23FN2O. The summed E-state index contributed by atoms with van der Waals surface area (Å²) in [6.07, 6.45) is 0.966. The van der Waals surface area contributed by atoms with Crippen molar-refractivity contribution in [3.8, 4) is 0 Å². The molecule has 3 nitrogen and oxygen atoms in total. The summed E-state index contributed by atoms with van der Waals surface area (Å²) in [6, 6.07) is 6.87. The number of hydrogen-bond donors (Lipinski definition) is 1. The molecule has 0 saturated carbocycles. The monoisotopic (exact) mass is 254 g/mol. The lowest BCUT2D eigenvalue weighted by Crippen LogP contribution is -2.29. The zero-order valence-electron chi connectivity index (χ0n) is 11.2. The van der Waals surface area contributed by atoms with Crippen molar-refractivity contribution in [3.05, 3.63) is 35.6 Å². The first-order chi connectivity index (χ1) is 8.67. The van der Waals surface area contributed by atoms with Crippen LogP contribution in [0.25, 0.3) is 0 Å². The number of nitrogens with zero attached hydrogens (tertiary/aromatic N) is 1. The van der Waals surface area contributed by atoms with E-state index in [4.69, 9.17) is 10.5 Å². The van der Waals surface area contributed by atoms with E-state index in [0.29, 0.717) is 19.7 Å². The van der Waals surface area contributed by atoms with Gasteiger partial charge < -0.3 is 15.4 Å². The Bertz CT molecular complexity index is 346. The molecule has 0 spiro atoms. The van der Waals surface area contributed by atoms with Gasteiger partial charge in [0.1, 0.15) is 5.82 Å². The Morgan fingerprint density at radius 1 is 1.39 bits per heavy atom. The molecule has 0 heterocycles. The molecule has 1 unspecified atom stereocenters. The van der Waals surface area contributed by atoms with Crippen LogP contribution in [0.1, 0.15) is 18.9 Å². The SMILES string of the molecule is CCOC(CN)CCN(C)Cc1ccccc1F. The Balaban J connectivity index is 2.37. The first kappa shape index (κ1) is 15.1. The molecule has 0 aliphatic carbocycles. The van der Waals surface area contributed by atoms with Gasteiger partial charge in [-0.25, -0.2) is 4.39 Å². The molecule has 0 aliphatic heterocycles. The van der Waals surface area contributed by atoms with Gasteiger partial charge in [-0.05, 0) is 26.5 Å². The minimum Gasteiger partial charge on any atom is -0.377 e. The molecule has 0 aliphatic rings. The maximum absolute atomic E-state index is 13.5. The average Bonchev–Trinajstić information content (AvgIpc) is 2.37. The van der Waals surface area contributed by atoms with E-state index in [2.05, 4.69) is 4.90 Å². The van der Waals surface area contributed by atoms with E-state index < -0.39 is 0 Å². The van der Waals surface area contributed by atoms with Crippen molar-refractivity contribution in [1.82, 2.24) is 4.90 Å². The van der Waals surface area contributed by atoms with E-state index in [-0.39, 0.29) is 11.9 Å². The van der Waals surface area contributed by atoms with Crippen molar-refractivity contribution in [2.75, 3.05) is 26.7 Å². The lowest BCUT2D eigenvalue weighted by atomic mass is 10.2. The highest BCUT2D eigenvalue weighted by Gasteiger charge is 2.09. The largest absolute Gasteiger partial charge is 0.377 e. The number of hydrogen-bond acceptors (Lipinski definition) is 3. The summed E-state index contributed by atoms with van der Waals surface area (Å²) in [4.78, 5) is 2.08. The molecule has 0 saturated heterocycles. The summed E-state index contributed by atoms with van der Waals surface area (Å²) >= 11 is 0. The molecule has 0 fully saturated rings. The maximum Gasteiger partial charge on any atom is 0.127 e. The first-order valence-electron chi connectivity index (χ1n) is 6.41. The summed E-state index contributed by atoms with van der Waals surface area (Å²) in [5.41, 5.74) is 6.34. The molecule has 1 rings (SSSR count). The second-order valence-electron chi connectivity index (χ2n) is 4.43. The van der Waals surface area contributed by atoms with Crippen molar-refractivity contribution in [1.29, 1.82) is 0 Å². The van der Waals surface area contributed by atoms with E-state index in [0.717, 1.165) is 18.5 Å². The van der Waals surface area contributed by atoms with Crippen molar-refractivity contribution in [3.63, 3.8) is 0 Å². The van der Waals surface area contributed by atoms with Gasteiger partial charge in [-0.15, -0.1) is 0 Å². The van der Waals surface area contributed by atoms with Gasteiger partial charge in [0.25, 0.3) is 0 Å². The van der Waals surface area contributed by atoms with Crippen LogP contribution in [0.3, 0.4) is 0 Å². The highest BCUT2D eigenvalue weighted by Crippen LogP contribution is 2.09. The molecule has 0 amide bonds. The fourth-order valence-electron chi connectivity index (χ4n) is 1.87. The average molecular weight is 254 g/mol. The molecule has 1 aromatic rings. The smallest absolute Gasteiger partial charge is 0.127 e. The lowest BCUT2D eigenvalue weighted by molar-refractivity contribution is 0.0558. The number of ether oxygens (including phenoxy) is 1. The van der Waals surface area contributed by atoms with E-state index in [9.17, 15) is 4.39 Å². The molecular weight excluding hydrogens is 231 g/mol. The third kappa shape index (κ3) is 5.12. The van der Waals surface area contributed by atoms with Crippen LogP contribution < -0.4 is 5.73 Å². The van der Waals surface area contributed by atoms with Crippen molar-refractivity contribution in [2.24, 2.45) is 5.73 Å². The standard InChI is InChI=1S/C14H23FN2O/c1-3-18-13(10-16)8-9-17(2)11-12-6-4-5-7-14(12)15/h4-7,13H,3,8-11,16H2,1-2H3. The third-order valence-corrected chi connectivity index (χ3v) is 2.90.